The van der Waals surface area contributed by atoms with Crippen molar-refractivity contribution in [2.75, 3.05) is 6.54 Å². The highest BCUT2D eigenvalue weighted by Gasteiger charge is 2.31. The van der Waals surface area contributed by atoms with Gasteiger partial charge in [0.05, 0.1) is 16.3 Å². The van der Waals surface area contributed by atoms with E-state index < -0.39 is 5.97 Å². The SMILES string of the molecule is Cc1cc(-c2cccc(/C=C3\SC(=S)N(CCc4ccc(C(=O)O)c(O)c4)C3=O)n2)cc(C)c1O. The third-order valence-electron chi connectivity index (χ3n) is 5.63. The largest absolute Gasteiger partial charge is 0.507 e. The van der Waals surface area contributed by atoms with E-state index in [2.05, 4.69) is 4.98 Å². The number of benzene rings is 2. The Morgan fingerprint density at radius 3 is 2.49 bits per heavy atom. The molecule has 1 fully saturated rings. The Morgan fingerprint density at radius 1 is 1.11 bits per heavy atom. The average molecular weight is 507 g/mol. The summed E-state index contributed by atoms with van der Waals surface area (Å²) in [6, 6.07) is 13.6. The van der Waals surface area contributed by atoms with Crippen LogP contribution in [-0.4, -0.2) is 47.9 Å². The van der Waals surface area contributed by atoms with E-state index in [1.165, 1.54) is 28.8 Å². The number of carbonyl (C=O) groups is 2. The highest BCUT2D eigenvalue weighted by Crippen LogP contribution is 2.33. The Kier molecular flexibility index (Phi) is 6.90. The molecule has 3 aromatic rings. The molecule has 1 amide bonds. The van der Waals surface area contributed by atoms with Crippen LogP contribution < -0.4 is 0 Å². The monoisotopic (exact) mass is 506 g/mol. The zero-order valence-electron chi connectivity index (χ0n) is 19.0. The molecule has 0 atom stereocenters. The van der Waals surface area contributed by atoms with Gasteiger partial charge in [-0.2, -0.15) is 0 Å². The molecule has 0 aliphatic carbocycles. The number of hydrogen-bond acceptors (Lipinski definition) is 7. The summed E-state index contributed by atoms with van der Waals surface area (Å²) in [4.78, 5) is 30.7. The molecule has 3 N–H and O–H groups in total. The second-order valence-electron chi connectivity index (χ2n) is 8.15. The fourth-order valence-corrected chi connectivity index (χ4v) is 5.07. The van der Waals surface area contributed by atoms with E-state index >= 15 is 0 Å². The molecule has 0 saturated carbocycles. The number of phenols is 2. The lowest BCUT2D eigenvalue weighted by Crippen LogP contribution is -2.30. The quantitative estimate of drug-likeness (QED) is 0.319. The normalized spacial score (nSPS) is 14.7. The number of rotatable bonds is 6. The summed E-state index contributed by atoms with van der Waals surface area (Å²) in [6.07, 6.45) is 2.11. The Hall–Kier alpha value is -3.69. The molecule has 1 aliphatic rings. The molecule has 7 nitrogen and oxygen atoms in total. The fourth-order valence-electron chi connectivity index (χ4n) is 3.78. The number of amides is 1. The molecule has 9 heteroatoms. The zero-order chi connectivity index (χ0) is 25.3. The summed E-state index contributed by atoms with van der Waals surface area (Å²) in [5.41, 5.74) is 4.26. The van der Waals surface area contributed by atoms with Gasteiger partial charge in [-0.3, -0.25) is 9.69 Å². The molecular weight excluding hydrogens is 484 g/mol. The molecule has 4 rings (SSSR count). The third kappa shape index (κ3) is 5.21. The number of pyridine rings is 1. The van der Waals surface area contributed by atoms with Crippen molar-refractivity contribution >= 4 is 46.3 Å². The number of carboxylic acids is 1. The first kappa shape index (κ1) is 24.4. The lowest BCUT2D eigenvalue weighted by molar-refractivity contribution is -0.122. The minimum atomic E-state index is -1.20. The molecular formula is C26H22N2O5S2. The van der Waals surface area contributed by atoms with E-state index in [-0.39, 0.29) is 23.0 Å². The molecule has 35 heavy (non-hydrogen) atoms. The minimum Gasteiger partial charge on any atom is -0.507 e. The number of aromatic nitrogens is 1. The third-order valence-corrected chi connectivity index (χ3v) is 7.00. The van der Waals surface area contributed by atoms with Crippen LogP contribution in [0.5, 0.6) is 11.5 Å². The number of aromatic hydroxyl groups is 2. The smallest absolute Gasteiger partial charge is 0.339 e. The molecule has 1 saturated heterocycles. The molecule has 2 aromatic carbocycles. The van der Waals surface area contributed by atoms with Crippen molar-refractivity contribution < 1.29 is 24.9 Å². The molecule has 0 unspecified atom stereocenters. The summed E-state index contributed by atoms with van der Waals surface area (Å²) in [7, 11) is 0. The summed E-state index contributed by atoms with van der Waals surface area (Å²) in [6.45, 7) is 3.97. The number of nitrogens with zero attached hydrogens (tertiary/aromatic N) is 2. The first-order valence-corrected chi connectivity index (χ1v) is 11.9. The van der Waals surface area contributed by atoms with Gasteiger partial charge in [-0.25, -0.2) is 9.78 Å². The van der Waals surface area contributed by atoms with Crippen molar-refractivity contribution in [3.05, 3.63) is 81.4 Å². The molecule has 1 aromatic heterocycles. The van der Waals surface area contributed by atoms with Crippen LogP contribution in [0.2, 0.25) is 0 Å². The van der Waals surface area contributed by atoms with Crippen molar-refractivity contribution in [3.63, 3.8) is 0 Å². The van der Waals surface area contributed by atoms with Gasteiger partial charge >= 0.3 is 5.97 Å². The Balaban J connectivity index is 1.51. The maximum Gasteiger partial charge on any atom is 0.339 e. The van der Waals surface area contributed by atoms with Crippen LogP contribution in [0, 0.1) is 13.8 Å². The predicted molar refractivity (Wildman–Crippen MR) is 139 cm³/mol. The fraction of sp³-hybridized carbons (Fsp3) is 0.154. The maximum absolute atomic E-state index is 13.0. The Bertz CT molecular complexity index is 1380. The lowest BCUT2D eigenvalue weighted by Gasteiger charge is -2.14. The van der Waals surface area contributed by atoms with E-state index in [9.17, 15) is 19.8 Å². The van der Waals surface area contributed by atoms with Crippen LogP contribution >= 0.6 is 24.0 Å². The topological polar surface area (TPSA) is 111 Å². The van der Waals surface area contributed by atoms with Gasteiger partial charge in [0.25, 0.3) is 5.91 Å². The second kappa shape index (κ2) is 9.89. The Labute approximate surface area is 211 Å². The van der Waals surface area contributed by atoms with Crippen molar-refractivity contribution in [2.24, 2.45) is 0 Å². The highest BCUT2D eigenvalue weighted by molar-refractivity contribution is 8.26. The van der Waals surface area contributed by atoms with E-state index in [0.29, 0.717) is 33.4 Å². The summed E-state index contributed by atoms with van der Waals surface area (Å²) in [5.74, 6) is -1.48. The number of carboxylic acid groups (broad SMARTS) is 1. The number of hydrogen-bond donors (Lipinski definition) is 3. The molecule has 2 heterocycles. The van der Waals surface area contributed by atoms with Gasteiger partial charge in [0.2, 0.25) is 0 Å². The summed E-state index contributed by atoms with van der Waals surface area (Å²) < 4.78 is 0.425. The van der Waals surface area contributed by atoms with Gasteiger partial charge < -0.3 is 15.3 Å². The van der Waals surface area contributed by atoms with Gasteiger partial charge in [0, 0.05) is 12.1 Å². The number of aryl methyl sites for hydroxylation is 2. The van der Waals surface area contributed by atoms with E-state index in [0.717, 1.165) is 22.4 Å². The zero-order valence-corrected chi connectivity index (χ0v) is 20.6. The number of phenolic OH excluding ortho intramolecular Hbond substituents is 1. The van der Waals surface area contributed by atoms with Crippen molar-refractivity contribution in [2.45, 2.75) is 20.3 Å². The second-order valence-corrected chi connectivity index (χ2v) is 9.82. The first-order chi connectivity index (χ1) is 16.6. The molecule has 0 radical (unpaired) electrons. The number of thioether (sulfide) groups is 1. The summed E-state index contributed by atoms with van der Waals surface area (Å²) >= 11 is 6.60. The van der Waals surface area contributed by atoms with E-state index in [4.69, 9.17) is 17.3 Å². The van der Waals surface area contributed by atoms with E-state index in [1.807, 2.05) is 44.2 Å². The van der Waals surface area contributed by atoms with Gasteiger partial charge in [-0.05, 0) is 79.4 Å². The number of thiocarbonyl (C=S) groups is 1. The standard InChI is InChI=1S/C26H22N2O5S2/c1-14-10-17(11-15(2)23(14)30)20-5-3-4-18(27-20)13-22-24(31)28(26(34)35-22)9-8-16-6-7-19(25(32)33)21(29)12-16/h3-7,10-13,29-30H,8-9H2,1-2H3,(H,32,33)/b22-13-. The Morgan fingerprint density at radius 2 is 1.83 bits per heavy atom. The number of carbonyl (C=O) groups excluding carboxylic acids is 1. The highest BCUT2D eigenvalue weighted by atomic mass is 32.2. The van der Waals surface area contributed by atoms with Gasteiger partial charge in [-0.1, -0.05) is 36.1 Å². The number of aromatic carboxylic acids is 1. The van der Waals surface area contributed by atoms with Crippen LogP contribution in [0.15, 0.2) is 53.4 Å². The lowest BCUT2D eigenvalue weighted by atomic mass is 10.0. The molecule has 178 valence electrons. The van der Waals surface area contributed by atoms with Crippen LogP contribution in [-0.2, 0) is 11.2 Å². The van der Waals surface area contributed by atoms with Crippen molar-refractivity contribution in [3.8, 4) is 22.8 Å². The van der Waals surface area contributed by atoms with Crippen LogP contribution in [0.4, 0.5) is 0 Å². The van der Waals surface area contributed by atoms with Crippen LogP contribution in [0.25, 0.3) is 17.3 Å². The van der Waals surface area contributed by atoms with Gasteiger partial charge in [0.15, 0.2) is 0 Å². The van der Waals surface area contributed by atoms with Crippen molar-refractivity contribution in [1.29, 1.82) is 0 Å². The maximum atomic E-state index is 13.0. The summed E-state index contributed by atoms with van der Waals surface area (Å²) in [5, 5.41) is 29.0. The minimum absolute atomic E-state index is 0.172. The molecule has 0 spiro atoms. The first-order valence-electron chi connectivity index (χ1n) is 10.7. The van der Waals surface area contributed by atoms with Crippen molar-refractivity contribution in [1.82, 2.24) is 9.88 Å². The molecule has 0 bridgehead atoms. The molecule has 1 aliphatic heterocycles. The van der Waals surface area contributed by atoms with Gasteiger partial charge in [0.1, 0.15) is 21.4 Å². The average Bonchev–Trinajstić information content (AvgIpc) is 3.07. The van der Waals surface area contributed by atoms with Crippen LogP contribution in [0.3, 0.4) is 0 Å². The van der Waals surface area contributed by atoms with Crippen LogP contribution in [0.1, 0.15) is 32.7 Å². The van der Waals surface area contributed by atoms with Gasteiger partial charge in [-0.15, -0.1) is 0 Å². The van der Waals surface area contributed by atoms with E-state index in [1.54, 1.807) is 12.1 Å². The predicted octanol–water partition coefficient (Wildman–Crippen LogP) is 4.92.